The molecule has 3 rings (SSSR count). The summed E-state index contributed by atoms with van der Waals surface area (Å²) in [5.41, 5.74) is 2.51. The lowest BCUT2D eigenvalue weighted by molar-refractivity contribution is 0.102. The van der Waals surface area contributed by atoms with Crippen LogP contribution in [-0.2, 0) is 6.42 Å². The Labute approximate surface area is 178 Å². The number of para-hydroxylation sites is 2. The molecule has 30 heavy (non-hydrogen) atoms. The molecule has 0 aliphatic rings. The summed E-state index contributed by atoms with van der Waals surface area (Å²) < 4.78 is 11.7. The van der Waals surface area contributed by atoms with Crippen LogP contribution in [0.3, 0.4) is 0 Å². The Balaban J connectivity index is 1.57. The van der Waals surface area contributed by atoms with Crippen LogP contribution in [-0.4, -0.2) is 19.1 Å². The lowest BCUT2D eigenvalue weighted by atomic mass is 10.1. The molecule has 1 N–H and O–H groups in total. The fourth-order valence-electron chi connectivity index (χ4n) is 2.98. The minimum Gasteiger partial charge on any atom is -0.493 e. The van der Waals surface area contributed by atoms with Crippen molar-refractivity contribution in [2.24, 2.45) is 5.92 Å². The van der Waals surface area contributed by atoms with Gasteiger partial charge in [0.05, 0.1) is 18.9 Å². The highest BCUT2D eigenvalue weighted by atomic mass is 16.5. The molecule has 0 fully saturated rings. The van der Waals surface area contributed by atoms with Crippen molar-refractivity contribution in [3.63, 3.8) is 0 Å². The zero-order valence-corrected chi connectivity index (χ0v) is 17.6. The van der Waals surface area contributed by atoms with Gasteiger partial charge in [-0.2, -0.15) is 0 Å². The molecule has 0 unspecified atom stereocenters. The first kappa shape index (κ1) is 21.4. The normalized spacial score (nSPS) is 10.6. The summed E-state index contributed by atoms with van der Waals surface area (Å²) in [5.74, 6) is 1.60. The zero-order valence-electron chi connectivity index (χ0n) is 17.6. The molecular formula is C26H29NO3. The van der Waals surface area contributed by atoms with Crippen molar-refractivity contribution >= 4 is 11.6 Å². The van der Waals surface area contributed by atoms with Crippen LogP contribution in [0.2, 0.25) is 0 Å². The third-order valence-corrected chi connectivity index (χ3v) is 4.52. The van der Waals surface area contributed by atoms with E-state index in [0.29, 0.717) is 41.9 Å². The molecule has 4 heteroatoms. The molecule has 3 aromatic rings. The number of amides is 1. The maximum Gasteiger partial charge on any atom is 0.255 e. The Morgan fingerprint density at radius 3 is 2.47 bits per heavy atom. The lowest BCUT2D eigenvalue weighted by Crippen LogP contribution is -2.13. The number of benzene rings is 3. The van der Waals surface area contributed by atoms with Crippen LogP contribution < -0.4 is 14.8 Å². The standard InChI is InChI=1S/C26H29NO3/c1-20(2)19-30-23-14-8-13-22(18-23)26(28)27-24-15-6-7-16-25(24)29-17-9-12-21-10-4-3-5-11-21/h3-8,10-11,13-16,18,20H,9,12,17,19H2,1-2H3,(H,27,28). The minimum absolute atomic E-state index is 0.190. The van der Waals surface area contributed by atoms with Gasteiger partial charge >= 0.3 is 0 Å². The van der Waals surface area contributed by atoms with Gasteiger partial charge in [0.15, 0.2) is 0 Å². The smallest absolute Gasteiger partial charge is 0.255 e. The Morgan fingerprint density at radius 2 is 1.67 bits per heavy atom. The van der Waals surface area contributed by atoms with E-state index in [1.54, 1.807) is 12.1 Å². The lowest BCUT2D eigenvalue weighted by Gasteiger charge is -2.13. The molecule has 0 spiro atoms. The molecule has 1 amide bonds. The first-order valence-corrected chi connectivity index (χ1v) is 10.4. The summed E-state index contributed by atoms with van der Waals surface area (Å²) >= 11 is 0. The molecule has 0 saturated heterocycles. The van der Waals surface area contributed by atoms with Crippen LogP contribution in [0.5, 0.6) is 11.5 Å². The van der Waals surface area contributed by atoms with Crippen molar-refractivity contribution in [1.29, 1.82) is 0 Å². The van der Waals surface area contributed by atoms with Crippen LogP contribution in [0, 0.1) is 5.92 Å². The quantitative estimate of drug-likeness (QED) is 0.423. The first-order valence-electron chi connectivity index (χ1n) is 10.4. The van der Waals surface area contributed by atoms with E-state index in [4.69, 9.17) is 9.47 Å². The second-order valence-corrected chi connectivity index (χ2v) is 7.62. The Morgan fingerprint density at radius 1 is 0.900 bits per heavy atom. The highest BCUT2D eigenvalue weighted by Crippen LogP contribution is 2.25. The monoisotopic (exact) mass is 403 g/mol. The van der Waals surface area contributed by atoms with E-state index in [1.165, 1.54) is 5.56 Å². The fraction of sp³-hybridized carbons (Fsp3) is 0.269. The third kappa shape index (κ3) is 6.66. The van der Waals surface area contributed by atoms with E-state index in [0.717, 1.165) is 12.8 Å². The summed E-state index contributed by atoms with van der Waals surface area (Å²) in [6.45, 7) is 5.38. The highest BCUT2D eigenvalue weighted by molar-refractivity contribution is 6.05. The van der Waals surface area contributed by atoms with Crippen molar-refractivity contribution < 1.29 is 14.3 Å². The minimum atomic E-state index is -0.190. The molecular weight excluding hydrogens is 374 g/mol. The molecule has 0 aliphatic carbocycles. The predicted molar refractivity (Wildman–Crippen MR) is 121 cm³/mol. The third-order valence-electron chi connectivity index (χ3n) is 4.52. The van der Waals surface area contributed by atoms with Gasteiger partial charge in [0, 0.05) is 5.56 Å². The van der Waals surface area contributed by atoms with Gasteiger partial charge < -0.3 is 14.8 Å². The van der Waals surface area contributed by atoms with Crippen molar-refractivity contribution in [2.45, 2.75) is 26.7 Å². The van der Waals surface area contributed by atoms with Gasteiger partial charge in [0.1, 0.15) is 11.5 Å². The van der Waals surface area contributed by atoms with E-state index in [2.05, 4.69) is 31.3 Å². The number of nitrogens with one attached hydrogen (secondary N) is 1. The van der Waals surface area contributed by atoms with Crippen molar-refractivity contribution in [3.05, 3.63) is 90.0 Å². The number of aryl methyl sites for hydroxylation is 1. The zero-order chi connectivity index (χ0) is 21.2. The number of hydrogen-bond acceptors (Lipinski definition) is 3. The van der Waals surface area contributed by atoms with Gasteiger partial charge in [-0.3, -0.25) is 4.79 Å². The van der Waals surface area contributed by atoms with Gasteiger partial charge in [-0.1, -0.05) is 62.4 Å². The second-order valence-electron chi connectivity index (χ2n) is 7.62. The molecule has 156 valence electrons. The van der Waals surface area contributed by atoms with E-state index in [-0.39, 0.29) is 5.91 Å². The number of carbonyl (C=O) groups excluding carboxylic acids is 1. The van der Waals surface area contributed by atoms with E-state index in [1.807, 2.05) is 54.6 Å². The maximum atomic E-state index is 12.7. The number of carbonyl (C=O) groups is 1. The molecule has 4 nitrogen and oxygen atoms in total. The topological polar surface area (TPSA) is 47.6 Å². The second kappa shape index (κ2) is 11.1. The number of anilines is 1. The average molecular weight is 404 g/mol. The number of ether oxygens (including phenoxy) is 2. The van der Waals surface area contributed by atoms with Crippen LogP contribution in [0.4, 0.5) is 5.69 Å². The maximum absolute atomic E-state index is 12.7. The van der Waals surface area contributed by atoms with Gasteiger partial charge in [0.2, 0.25) is 0 Å². The van der Waals surface area contributed by atoms with Gasteiger partial charge in [-0.05, 0) is 54.7 Å². The Hall–Kier alpha value is -3.27. The molecule has 0 atom stereocenters. The van der Waals surface area contributed by atoms with Crippen molar-refractivity contribution in [3.8, 4) is 11.5 Å². The van der Waals surface area contributed by atoms with E-state index in [9.17, 15) is 4.79 Å². The van der Waals surface area contributed by atoms with Gasteiger partial charge in [-0.15, -0.1) is 0 Å². The number of hydrogen-bond donors (Lipinski definition) is 1. The van der Waals surface area contributed by atoms with Crippen molar-refractivity contribution in [1.82, 2.24) is 0 Å². The SMILES string of the molecule is CC(C)COc1cccc(C(=O)Nc2ccccc2OCCCc2ccccc2)c1. The Kier molecular flexibility index (Phi) is 7.90. The molecule has 0 bridgehead atoms. The molecule has 0 aliphatic heterocycles. The van der Waals surface area contributed by atoms with Crippen LogP contribution in [0.15, 0.2) is 78.9 Å². The van der Waals surface area contributed by atoms with Crippen LogP contribution in [0.1, 0.15) is 36.2 Å². The predicted octanol–water partition coefficient (Wildman–Crippen LogP) is 5.99. The molecule has 0 aromatic heterocycles. The summed E-state index contributed by atoms with van der Waals surface area (Å²) in [4.78, 5) is 12.7. The van der Waals surface area contributed by atoms with Crippen molar-refractivity contribution in [2.75, 3.05) is 18.5 Å². The van der Waals surface area contributed by atoms with Gasteiger partial charge in [0.25, 0.3) is 5.91 Å². The van der Waals surface area contributed by atoms with Crippen LogP contribution in [0.25, 0.3) is 0 Å². The Bertz CT molecular complexity index is 938. The summed E-state index contributed by atoms with van der Waals surface area (Å²) in [7, 11) is 0. The van der Waals surface area contributed by atoms with E-state index < -0.39 is 0 Å². The first-order chi connectivity index (χ1) is 14.6. The molecule has 0 heterocycles. The largest absolute Gasteiger partial charge is 0.493 e. The van der Waals surface area contributed by atoms with E-state index >= 15 is 0 Å². The molecule has 0 radical (unpaired) electrons. The number of rotatable bonds is 10. The molecule has 0 saturated carbocycles. The summed E-state index contributed by atoms with van der Waals surface area (Å²) in [6, 6.07) is 25.1. The average Bonchev–Trinajstić information content (AvgIpc) is 2.77. The van der Waals surface area contributed by atoms with Gasteiger partial charge in [-0.25, -0.2) is 0 Å². The summed E-state index contributed by atoms with van der Waals surface area (Å²) in [5, 5.41) is 2.96. The summed E-state index contributed by atoms with van der Waals surface area (Å²) in [6.07, 6.45) is 1.86. The van der Waals surface area contributed by atoms with Crippen LogP contribution >= 0.6 is 0 Å². The fourth-order valence-corrected chi connectivity index (χ4v) is 2.98. The molecule has 3 aromatic carbocycles. The highest BCUT2D eigenvalue weighted by Gasteiger charge is 2.11.